The average Bonchev–Trinajstić information content (AvgIpc) is 1.54. The highest BCUT2D eigenvalue weighted by Crippen LogP contribution is 2.23. The van der Waals surface area contributed by atoms with Crippen LogP contribution in [0.5, 0.6) is 0 Å². The second-order valence-corrected chi connectivity index (χ2v) is 3.56. The Morgan fingerprint density at radius 3 is 2.50 bits per heavy atom. The largest absolute Gasteiger partial charge is 0.322 e. The molecule has 0 fully saturated rings. The standard InChI is InChI=1S/C9H15N/c1-7-4-8(2)6-9(3,10)5-7/h4-5H,6,10H2,1-3H3. The SMILES string of the molecule is CC1=CC(C)(N)CC(C)=C1. The summed E-state index contributed by atoms with van der Waals surface area (Å²) in [6.45, 7) is 6.28. The Hall–Kier alpha value is -0.560. The summed E-state index contributed by atoms with van der Waals surface area (Å²) < 4.78 is 0. The van der Waals surface area contributed by atoms with Gasteiger partial charge in [-0.1, -0.05) is 23.3 Å². The smallest absolute Gasteiger partial charge is 0.0353 e. The van der Waals surface area contributed by atoms with E-state index in [2.05, 4.69) is 32.9 Å². The maximum atomic E-state index is 5.94. The van der Waals surface area contributed by atoms with Gasteiger partial charge in [0.2, 0.25) is 0 Å². The summed E-state index contributed by atoms with van der Waals surface area (Å²) in [7, 11) is 0. The van der Waals surface area contributed by atoms with E-state index in [0.717, 1.165) is 6.42 Å². The predicted molar refractivity (Wildman–Crippen MR) is 44.7 cm³/mol. The van der Waals surface area contributed by atoms with Crippen molar-refractivity contribution >= 4 is 0 Å². The van der Waals surface area contributed by atoms with Crippen LogP contribution in [0, 0.1) is 0 Å². The van der Waals surface area contributed by atoms with E-state index in [9.17, 15) is 0 Å². The molecule has 1 unspecified atom stereocenters. The fourth-order valence-corrected chi connectivity index (χ4v) is 1.65. The van der Waals surface area contributed by atoms with Crippen LogP contribution in [0.25, 0.3) is 0 Å². The highest BCUT2D eigenvalue weighted by Gasteiger charge is 2.18. The van der Waals surface area contributed by atoms with Crippen LogP contribution in [0.15, 0.2) is 23.3 Å². The fraction of sp³-hybridized carbons (Fsp3) is 0.556. The summed E-state index contributed by atoms with van der Waals surface area (Å²) >= 11 is 0. The van der Waals surface area contributed by atoms with Crippen LogP contribution < -0.4 is 5.73 Å². The van der Waals surface area contributed by atoms with Crippen molar-refractivity contribution in [1.82, 2.24) is 0 Å². The fourth-order valence-electron chi connectivity index (χ4n) is 1.65. The van der Waals surface area contributed by atoms with Crippen molar-refractivity contribution in [3.8, 4) is 0 Å². The third-order valence-electron chi connectivity index (χ3n) is 1.69. The molecule has 1 heteroatoms. The van der Waals surface area contributed by atoms with Crippen molar-refractivity contribution in [2.75, 3.05) is 0 Å². The Morgan fingerprint density at radius 2 is 2.10 bits per heavy atom. The molecule has 1 aliphatic rings. The third-order valence-corrected chi connectivity index (χ3v) is 1.69. The van der Waals surface area contributed by atoms with Gasteiger partial charge in [0.1, 0.15) is 0 Å². The van der Waals surface area contributed by atoms with E-state index in [1.807, 2.05) is 0 Å². The molecule has 0 radical (unpaired) electrons. The normalized spacial score (nSPS) is 33.2. The van der Waals surface area contributed by atoms with E-state index in [0.29, 0.717) is 0 Å². The van der Waals surface area contributed by atoms with Gasteiger partial charge in [-0.3, -0.25) is 0 Å². The van der Waals surface area contributed by atoms with Crippen LogP contribution in [0.2, 0.25) is 0 Å². The Bertz CT molecular complexity index is 197. The number of allylic oxidation sites excluding steroid dienone is 2. The lowest BCUT2D eigenvalue weighted by Crippen LogP contribution is -2.35. The molecular weight excluding hydrogens is 122 g/mol. The summed E-state index contributed by atoms with van der Waals surface area (Å²) in [4.78, 5) is 0. The van der Waals surface area contributed by atoms with Gasteiger partial charge in [0.25, 0.3) is 0 Å². The van der Waals surface area contributed by atoms with E-state index < -0.39 is 0 Å². The molecule has 0 aliphatic heterocycles. The number of nitrogens with two attached hydrogens (primary N) is 1. The molecule has 0 saturated heterocycles. The van der Waals surface area contributed by atoms with Crippen LogP contribution in [0.4, 0.5) is 0 Å². The van der Waals surface area contributed by atoms with Gasteiger partial charge >= 0.3 is 0 Å². The lowest BCUT2D eigenvalue weighted by molar-refractivity contribution is 0.567. The highest BCUT2D eigenvalue weighted by atomic mass is 14.7. The van der Waals surface area contributed by atoms with Gasteiger partial charge in [-0.05, 0) is 27.2 Å². The quantitative estimate of drug-likeness (QED) is 0.543. The molecule has 10 heavy (non-hydrogen) atoms. The van der Waals surface area contributed by atoms with E-state index in [4.69, 9.17) is 5.73 Å². The van der Waals surface area contributed by atoms with Crippen LogP contribution >= 0.6 is 0 Å². The Labute approximate surface area is 62.6 Å². The van der Waals surface area contributed by atoms with Crippen LogP contribution in [0.1, 0.15) is 27.2 Å². The zero-order valence-corrected chi connectivity index (χ0v) is 6.94. The van der Waals surface area contributed by atoms with Gasteiger partial charge in [-0.2, -0.15) is 0 Å². The molecule has 0 bridgehead atoms. The van der Waals surface area contributed by atoms with Crippen molar-refractivity contribution in [2.24, 2.45) is 5.73 Å². The van der Waals surface area contributed by atoms with Crippen molar-refractivity contribution in [3.63, 3.8) is 0 Å². The summed E-state index contributed by atoms with van der Waals surface area (Å²) in [6.07, 6.45) is 5.30. The lowest BCUT2D eigenvalue weighted by atomic mass is 9.87. The third kappa shape index (κ3) is 1.71. The lowest BCUT2D eigenvalue weighted by Gasteiger charge is -2.25. The van der Waals surface area contributed by atoms with Gasteiger partial charge in [0.15, 0.2) is 0 Å². The van der Waals surface area contributed by atoms with Gasteiger partial charge in [-0.25, -0.2) is 0 Å². The summed E-state index contributed by atoms with van der Waals surface area (Å²) in [5.74, 6) is 0. The first-order chi connectivity index (χ1) is 4.49. The first-order valence-electron chi connectivity index (χ1n) is 3.65. The zero-order valence-electron chi connectivity index (χ0n) is 6.94. The molecule has 0 spiro atoms. The highest BCUT2D eigenvalue weighted by molar-refractivity contribution is 5.31. The molecule has 0 aromatic carbocycles. The molecule has 1 nitrogen and oxygen atoms in total. The summed E-state index contributed by atoms with van der Waals surface area (Å²) in [6, 6.07) is 0. The van der Waals surface area contributed by atoms with Crippen molar-refractivity contribution in [3.05, 3.63) is 23.3 Å². The minimum atomic E-state index is -0.108. The van der Waals surface area contributed by atoms with Crippen LogP contribution in [-0.2, 0) is 0 Å². The zero-order chi connectivity index (χ0) is 7.78. The van der Waals surface area contributed by atoms with Gasteiger partial charge in [0.05, 0.1) is 0 Å². The molecule has 56 valence electrons. The first-order valence-corrected chi connectivity index (χ1v) is 3.65. The Morgan fingerprint density at radius 1 is 1.50 bits per heavy atom. The molecular formula is C9H15N. The van der Waals surface area contributed by atoms with E-state index in [1.54, 1.807) is 0 Å². The Balaban J connectivity index is 2.88. The van der Waals surface area contributed by atoms with E-state index >= 15 is 0 Å². The second kappa shape index (κ2) is 2.24. The molecule has 2 N–H and O–H groups in total. The molecule has 1 aliphatic carbocycles. The van der Waals surface area contributed by atoms with Crippen LogP contribution in [-0.4, -0.2) is 5.54 Å². The number of rotatable bonds is 0. The maximum Gasteiger partial charge on any atom is 0.0353 e. The molecule has 0 aromatic rings. The number of hydrogen-bond acceptors (Lipinski definition) is 1. The molecule has 1 atom stereocenters. The minimum Gasteiger partial charge on any atom is -0.322 e. The second-order valence-electron chi connectivity index (χ2n) is 3.56. The number of hydrogen-bond donors (Lipinski definition) is 1. The Kier molecular flexibility index (Phi) is 1.69. The van der Waals surface area contributed by atoms with Gasteiger partial charge in [-0.15, -0.1) is 0 Å². The van der Waals surface area contributed by atoms with Crippen molar-refractivity contribution in [1.29, 1.82) is 0 Å². The molecule has 0 heterocycles. The summed E-state index contributed by atoms with van der Waals surface area (Å²) in [5.41, 5.74) is 8.50. The van der Waals surface area contributed by atoms with E-state index in [1.165, 1.54) is 11.1 Å². The maximum absolute atomic E-state index is 5.94. The summed E-state index contributed by atoms with van der Waals surface area (Å²) in [5, 5.41) is 0. The van der Waals surface area contributed by atoms with Crippen LogP contribution in [0.3, 0.4) is 0 Å². The van der Waals surface area contributed by atoms with Gasteiger partial charge < -0.3 is 5.73 Å². The monoisotopic (exact) mass is 137 g/mol. The minimum absolute atomic E-state index is 0.108. The van der Waals surface area contributed by atoms with Crippen molar-refractivity contribution < 1.29 is 0 Å². The average molecular weight is 137 g/mol. The molecule has 0 saturated carbocycles. The first kappa shape index (κ1) is 7.55. The van der Waals surface area contributed by atoms with E-state index in [-0.39, 0.29) is 5.54 Å². The topological polar surface area (TPSA) is 26.0 Å². The van der Waals surface area contributed by atoms with Gasteiger partial charge in [0, 0.05) is 5.54 Å². The molecule has 1 rings (SSSR count). The molecule has 0 aromatic heterocycles. The molecule has 0 amide bonds. The predicted octanol–water partition coefficient (Wildman–Crippen LogP) is 2.00. The van der Waals surface area contributed by atoms with Crippen molar-refractivity contribution in [2.45, 2.75) is 32.7 Å².